The van der Waals surface area contributed by atoms with Crippen LogP contribution < -0.4 is 9.64 Å². The molecule has 0 N–H and O–H groups in total. The van der Waals surface area contributed by atoms with Gasteiger partial charge in [0.1, 0.15) is 5.75 Å². The van der Waals surface area contributed by atoms with Gasteiger partial charge in [-0.05, 0) is 47.2 Å². The number of rotatable bonds is 4. The first-order valence-electron chi connectivity index (χ1n) is 8.43. The number of hydrogen-bond donors (Lipinski definition) is 0. The minimum absolute atomic E-state index is 0.354. The SMILES string of the molecule is COc1cccc(C(C)N2CCN(c3ccc4nnnn4n3)CC2)c1. The number of nitrogens with zero attached hydrogens (tertiary/aromatic N) is 7. The summed E-state index contributed by atoms with van der Waals surface area (Å²) in [5.74, 6) is 1.82. The number of benzene rings is 1. The van der Waals surface area contributed by atoms with Crippen molar-refractivity contribution in [1.29, 1.82) is 0 Å². The van der Waals surface area contributed by atoms with Crippen LogP contribution in [0.25, 0.3) is 5.65 Å². The largest absolute Gasteiger partial charge is 0.497 e. The van der Waals surface area contributed by atoms with Gasteiger partial charge in [-0.15, -0.1) is 14.8 Å². The first kappa shape index (κ1) is 15.8. The number of methoxy groups -OCH3 is 1. The molecule has 0 bridgehead atoms. The predicted octanol–water partition coefficient (Wildman–Crippen LogP) is 1.41. The van der Waals surface area contributed by atoms with Crippen LogP contribution in [-0.4, -0.2) is 63.4 Å². The van der Waals surface area contributed by atoms with E-state index in [2.05, 4.69) is 49.5 Å². The standard InChI is InChI=1S/C17H21N7O/c1-13(14-4-3-5-15(12-14)25-2)22-8-10-23(11-9-22)17-7-6-16-18-20-21-24(16)19-17/h3-7,12-13H,8-11H2,1-2H3. The maximum Gasteiger partial charge on any atom is 0.200 e. The quantitative estimate of drug-likeness (QED) is 0.711. The van der Waals surface area contributed by atoms with Gasteiger partial charge >= 0.3 is 0 Å². The molecule has 8 heteroatoms. The van der Waals surface area contributed by atoms with Crippen LogP contribution in [0.1, 0.15) is 18.5 Å². The number of fused-ring (bicyclic) bond motifs is 1. The van der Waals surface area contributed by atoms with Gasteiger partial charge < -0.3 is 9.64 Å². The Hall–Kier alpha value is -2.74. The molecule has 1 aromatic carbocycles. The second-order valence-electron chi connectivity index (χ2n) is 6.19. The molecule has 8 nitrogen and oxygen atoms in total. The molecule has 2 aromatic heterocycles. The van der Waals surface area contributed by atoms with Crippen LogP contribution in [0.2, 0.25) is 0 Å². The number of tetrazole rings is 1. The highest BCUT2D eigenvalue weighted by molar-refractivity contribution is 5.44. The molecule has 1 aliphatic heterocycles. The maximum absolute atomic E-state index is 5.34. The smallest absolute Gasteiger partial charge is 0.200 e. The second kappa shape index (κ2) is 6.64. The molecule has 3 aromatic rings. The molecule has 4 rings (SSSR count). The van der Waals surface area contributed by atoms with Crippen molar-refractivity contribution in [1.82, 2.24) is 30.2 Å². The van der Waals surface area contributed by atoms with Crippen LogP contribution in [-0.2, 0) is 0 Å². The first-order chi connectivity index (χ1) is 12.2. The van der Waals surface area contributed by atoms with E-state index in [1.54, 1.807) is 7.11 Å². The van der Waals surface area contributed by atoms with Crippen molar-refractivity contribution < 1.29 is 4.74 Å². The number of piperazine rings is 1. The highest BCUT2D eigenvalue weighted by Gasteiger charge is 2.23. The Morgan fingerprint density at radius 2 is 1.92 bits per heavy atom. The molecular formula is C17H21N7O. The third kappa shape index (κ3) is 3.12. The summed E-state index contributed by atoms with van der Waals surface area (Å²) >= 11 is 0. The Morgan fingerprint density at radius 3 is 2.72 bits per heavy atom. The number of anilines is 1. The summed E-state index contributed by atoms with van der Waals surface area (Å²) in [6.45, 7) is 6.06. The molecule has 1 aliphatic rings. The molecule has 25 heavy (non-hydrogen) atoms. The molecule has 1 atom stereocenters. The Balaban J connectivity index is 1.43. The summed E-state index contributed by atoms with van der Waals surface area (Å²) in [7, 11) is 1.71. The fourth-order valence-electron chi connectivity index (χ4n) is 3.26. The van der Waals surface area contributed by atoms with E-state index in [1.807, 2.05) is 24.3 Å². The number of hydrogen-bond acceptors (Lipinski definition) is 7. The molecule has 3 heterocycles. The molecule has 0 amide bonds. The molecule has 1 saturated heterocycles. The van der Waals surface area contributed by atoms with Crippen LogP contribution in [0, 0.1) is 0 Å². The fraction of sp³-hybridized carbons (Fsp3) is 0.412. The van der Waals surface area contributed by atoms with E-state index in [0.717, 1.165) is 37.7 Å². The van der Waals surface area contributed by atoms with Crippen molar-refractivity contribution in [3.05, 3.63) is 42.0 Å². The van der Waals surface area contributed by atoms with Gasteiger partial charge in [0, 0.05) is 32.2 Å². The van der Waals surface area contributed by atoms with Crippen molar-refractivity contribution in [2.24, 2.45) is 0 Å². The molecule has 1 unspecified atom stereocenters. The zero-order valence-corrected chi connectivity index (χ0v) is 14.4. The maximum atomic E-state index is 5.34. The summed E-state index contributed by atoms with van der Waals surface area (Å²) < 4.78 is 6.82. The van der Waals surface area contributed by atoms with Gasteiger partial charge in [0.25, 0.3) is 0 Å². The zero-order valence-electron chi connectivity index (χ0n) is 14.4. The molecular weight excluding hydrogens is 318 g/mol. The molecule has 0 spiro atoms. The van der Waals surface area contributed by atoms with Crippen molar-refractivity contribution >= 4 is 11.5 Å². The summed E-state index contributed by atoms with van der Waals surface area (Å²) in [6.07, 6.45) is 0. The van der Waals surface area contributed by atoms with Gasteiger partial charge in [0.05, 0.1) is 7.11 Å². The Kier molecular flexibility index (Phi) is 4.19. The van der Waals surface area contributed by atoms with Crippen molar-refractivity contribution in [3.63, 3.8) is 0 Å². The monoisotopic (exact) mass is 339 g/mol. The van der Waals surface area contributed by atoms with Gasteiger partial charge in [0.2, 0.25) is 0 Å². The Bertz CT molecular complexity index is 857. The van der Waals surface area contributed by atoms with E-state index in [9.17, 15) is 0 Å². The second-order valence-corrected chi connectivity index (χ2v) is 6.19. The predicted molar refractivity (Wildman–Crippen MR) is 93.8 cm³/mol. The van der Waals surface area contributed by atoms with Crippen LogP contribution in [0.3, 0.4) is 0 Å². The average molecular weight is 339 g/mol. The minimum atomic E-state index is 0.354. The molecule has 1 fully saturated rings. The summed E-state index contributed by atoms with van der Waals surface area (Å²) in [5.41, 5.74) is 1.94. The first-order valence-corrected chi connectivity index (χ1v) is 8.43. The van der Waals surface area contributed by atoms with Crippen LogP contribution >= 0.6 is 0 Å². The molecule has 0 aliphatic carbocycles. The topological polar surface area (TPSA) is 71.7 Å². The summed E-state index contributed by atoms with van der Waals surface area (Å²) in [4.78, 5) is 4.76. The van der Waals surface area contributed by atoms with Gasteiger partial charge in [0.15, 0.2) is 11.5 Å². The normalized spacial score (nSPS) is 17.0. The van der Waals surface area contributed by atoms with E-state index in [1.165, 1.54) is 10.2 Å². The van der Waals surface area contributed by atoms with E-state index < -0.39 is 0 Å². The Morgan fingerprint density at radius 1 is 1.08 bits per heavy atom. The van der Waals surface area contributed by atoms with Gasteiger partial charge in [-0.25, -0.2) is 0 Å². The zero-order chi connectivity index (χ0) is 17.2. The lowest BCUT2D eigenvalue weighted by Crippen LogP contribution is -2.47. The third-order valence-corrected chi connectivity index (χ3v) is 4.82. The summed E-state index contributed by atoms with van der Waals surface area (Å²) in [6, 6.07) is 12.5. The Labute approximate surface area is 146 Å². The van der Waals surface area contributed by atoms with Crippen molar-refractivity contribution in [2.75, 3.05) is 38.2 Å². The molecule has 0 saturated carbocycles. The van der Waals surface area contributed by atoms with E-state index in [-0.39, 0.29) is 0 Å². The van der Waals surface area contributed by atoms with E-state index >= 15 is 0 Å². The fourth-order valence-corrected chi connectivity index (χ4v) is 3.26. The van der Waals surface area contributed by atoms with Crippen LogP contribution in [0.15, 0.2) is 36.4 Å². The minimum Gasteiger partial charge on any atom is -0.497 e. The summed E-state index contributed by atoms with van der Waals surface area (Å²) in [5, 5.41) is 15.9. The number of ether oxygens (including phenoxy) is 1. The lowest BCUT2D eigenvalue weighted by molar-refractivity contribution is 0.197. The number of aromatic nitrogens is 5. The van der Waals surface area contributed by atoms with Crippen molar-refractivity contribution in [2.45, 2.75) is 13.0 Å². The highest BCUT2D eigenvalue weighted by atomic mass is 16.5. The average Bonchev–Trinajstić information content (AvgIpc) is 3.15. The molecule has 130 valence electrons. The third-order valence-electron chi connectivity index (χ3n) is 4.82. The van der Waals surface area contributed by atoms with Crippen LogP contribution in [0.4, 0.5) is 5.82 Å². The van der Waals surface area contributed by atoms with Gasteiger partial charge in [-0.3, -0.25) is 4.90 Å². The van der Waals surface area contributed by atoms with Crippen LogP contribution in [0.5, 0.6) is 5.75 Å². The molecule has 0 radical (unpaired) electrons. The van der Waals surface area contributed by atoms with E-state index in [4.69, 9.17) is 4.74 Å². The van der Waals surface area contributed by atoms with Gasteiger partial charge in [-0.1, -0.05) is 12.1 Å². The lowest BCUT2D eigenvalue weighted by atomic mass is 10.1. The highest BCUT2D eigenvalue weighted by Crippen LogP contribution is 2.25. The van der Waals surface area contributed by atoms with Gasteiger partial charge in [-0.2, -0.15) is 0 Å². The van der Waals surface area contributed by atoms with Crippen molar-refractivity contribution in [3.8, 4) is 5.75 Å². The lowest BCUT2D eigenvalue weighted by Gasteiger charge is -2.38. The van der Waals surface area contributed by atoms with E-state index in [0.29, 0.717) is 11.7 Å².